The van der Waals surface area contributed by atoms with Crippen LogP contribution in [-0.4, -0.2) is 18.0 Å². The van der Waals surface area contributed by atoms with Gasteiger partial charge in [0, 0.05) is 0 Å². The third-order valence-electron chi connectivity index (χ3n) is 10.1. The van der Waals surface area contributed by atoms with Gasteiger partial charge in [-0.25, -0.2) is 13.4 Å². The van der Waals surface area contributed by atoms with Gasteiger partial charge in [0.05, 0.1) is 26.5 Å². The molecule has 0 saturated heterocycles. The number of aryl methyl sites for hydroxylation is 1. The molecule has 5 heteroatoms. The minimum absolute atomic E-state index is 0.295. The highest BCUT2D eigenvalue weighted by atomic mass is 32.2. The number of sulfone groups is 1. The van der Waals surface area contributed by atoms with Crippen LogP contribution in [0.4, 0.5) is 0 Å². The van der Waals surface area contributed by atoms with Gasteiger partial charge in [-0.05, 0) is 103 Å². The van der Waals surface area contributed by atoms with Gasteiger partial charge < -0.3 is 0 Å². The quantitative estimate of drug-likeness (QED) is 0.179. The molecule has 0 saturated carbocycles. The maximum Gasteiger partial charge on any atom is 0.210 e. The molecular formula is C44H28N2O2S. The monoisotopic (exact) mass is 648 g/mol. The SMILES string of the molecule is Cc1nc2cccc3c2n1-c1ccc(-c2ccc4c(-c5ccccc5)c5ccccc5c(-c5cccc6ccccc56)c4c2)cc1S3(=O)=O. The lowest BCUT2D eigenvalue weighted by Crippen LogP contribution is -2.15. The molecule has 0 atom stereocenters. The summed E-state index contributed by atoms with van der Waals surface area (Å²) >= 11 is 0. The molecule has 0 amide bonds. The van der Waals surface area contributed by atoms with E-state index in [1.165, 1.54) is 38.2 Å². The van der Waals surface area contributed by atoms with Crippen molar-refractivity contribution in [1.82, 2.24) is 9.55 Å². The second-order valence-corrected chi connectivity index (χ2v) is 14.6. The van der Waals surface area contributed by atoms with Crippen LogP contribution in [0.15, 0.2) is 161 Å². The zero-order valence-electron chi connectivity index (χ0n) is 26.6. The first kappa shape index (κ1) is 28.0. The van der Waals surface area contributed by atoms with Gasteiger partial charge in [0.25, 0.3) is 0 Å². The number of aromatic nitrogens is 2. The first-order valence-electron chi connectivity index (χ1n) is 16.4. The summed E-state index contributed by atoms with van der Waals surface area (Å²) in [7, 11) is -3.78. The highest BCUT2D eigenvalue weighted by molar-refractivity contribution is 7.92. The van der Waals surface area contributed by atoms with E-state index in [1.807, 2.05) is 35.8 Å². The lowest BCUT2D eigenvalue weighted by Gasteiger charge is -2.22. The van der Waals surface area contributed by atoms with Crippen molar-refractivity contribution in [3.05, 3.63) is 157 Å². The molecule has 0 radical (unpaired) electrons. The fraction of sp³-hybridized carbons (Fsp3) is 0.0227. The van der Waals surface area contributed by atoms with E-state index < -0.39 is 9.84 Å². The molecular weight excluding hydrogens is 621 g/mol. The molecule has 0 spiro atoms. The Kier molecular flexibility index (Phi) is 5.85. The van der Waals surface area contributed by atoms with Crippen molar-refractivity contribution in [2.75, 3.05) is 0 Å². The zero-order chi connectivity index (χ0) is 32.9. The summed E-state index contributed by atoms with van der Waals surface area (Å²) in [5.74, 6) is 0.761. The standard InChI is InChI=1S/C44H28N2O2S/c1-27-45-38-19-10-20-40-44(38)46(27)39-24-22-31(26-41(39)49(40,47)48)30-21-23-36-37(25-30)43(33-18-9-14-28-11-5-6-15-32(28)33)35-17-8-7-16-34(35)42(36)29-12-3-2-4-13-29/h2-26H,1H3. The van der Waals surface area contributed by atoms with Crippen LogP contribution in [0.3, 0.4) is 0 Å². The van der Waals surface area contributed by atoms with Crippen LogP contribution in [0, 0.1) is 6.92 Å². The molecule has 9 aromatic rings. The van der Waals surface area contributed by atoms with Crippen LogP contribution in [-0.2, 0) is 9.84 Å². The Labute approximate surface area is 283 Å². The van der Waals surface area contributed by atoms with E-state index in [1.54, 1.807) is 12.1 Å². The van der Waals surface area contributed by atoms with Crippen LogP contribution < -0.4 is 0 Å². The van der Waals surface area contributed by atoms with Crippen molar-refractivity contribution in [1.29, 1.82) is 0 Å². The summed E-state index contributed by atoms with van der Waals surface area (Å²) in [6, 6.07) is 52.0. The average molecular weight is 649 g/mol. The van der Waals surface area contributed by atoms with E-state index in [4.69, 9.17) is 0 Å². The number of benzene rings is 8. The molecule has 232 valence electrons. The molecule has 0 N–H and O–H groups in total. The number of rotatable bonds is 3. The summed E-state index contributed by atoms with van der Waals surface area (Å²) < 4.78 is 30.3. The smallest absolute Gasteiger partial charge is 0.210 e. The Morgan fingerprint density at radius 3 is 2.00 bits per heavy atom. The predicted octanol–water partition coefficient (Wildman–Crippen LogP) is 10.9. The van der Waals surface area contributed by atoms with Crippen LogP contribution in [0.5, 0.6) is 0 Å². The third-order valence-corrected chi connectivity index (χ3v) is 11.9. The van der Waals surface area contributed by atoms with Gasteiger partial charge in [-0.3, -0.25) is 4.57 Å². The minimum atomic E-state index is -3.78. The lowest BCUT2D eigenvalue weighted by atomic mass is 9.84. The number of hydrogen-bond donors (Lipinski definition) is 0. The van der Waals surface area contributed by atoms with E-state index in [0.717, 1.165) is 33.3 Å². The van der Waals surface area contributed by atoms with Crippen LogP contribution in [0.25, 0.3) is 82.4 Å². The molecule has 1 aromatic heterocycles. The highest BCUT2D eigenvalue weighted by Gasteiger charge is 2.33. The number of imidazole rings is 1. The Morgan fingerprint density at radius 1 is 0.510 bits per heavy atom. The van der Waals surface area contributed by atoms with E-state index in [0.29, 0.717) is 26.5 Å². The van der Waals surface area contributed by atoms with Gasteiger partial charge in [0.15, 0.2) is 0 Å². The number of para-hydroxylation sites is 1. The van der Waals surface area contributed by atoms with Gasteiger partial charge in [0.2, 0.25) is 9.84 Å². The predicted molar refractivity (Wildman–Crippen MR) is 200 cm³/mol. The first-order chi connectivity index (χ1) is 24.0. The van der Waals surface area contributed by atoms with E-state index >= 15 is 0 Å². The Balaban J connectivity index is 1.29. The largest absolute Gasteiger partial charge is 0.294 e. The van der Waals surface area contributed by atoms with E-state index in [9.17, 15) is 8.42 Å². The van der Waals surface area contributed by atoms with Crippen LogP contribution in [0.2, 0.25) is 0 Å². The van der Waals surface area contributed by atoms with E-state index in [2.05, 4.69) is 120 Å². The molecule has 0 bridgehead atoms. The van der Waals surface area contributed by atoms with Crippen molar-refractivity contribution < 1.29 is 8.42 Å². The number of hydrogen-bond acceptors (Lipinski definition) is 3. The average Bonchev–Trinajstić information content (AvgIpc) is 3.48. The molecule has 2 heterocycles. The minimum Gasteiger partial charge on any atom is -0.294 e. The molecule has 49 heavy (non-hydrogen) atoms. The van der Waals surface area contributed by atoms with Crippen molar-refractivity contribution in [3.63, 3.8) is 0 Å². The second-order valence-electron chi connectivity index (χ2n) is 12.8. The fourth-order valence-corrected chi connectivity index (χ4v) is 9.60. The summed E-state index contributed by atoms with van der Waals surface area (Å²) in [4.78, 5) is 5.27. The summed E-state index contributed by atoms with van der Waals surface area (Å²) in [6.07, 6.45) is 0. The summed E-state index contributed by atoms with van der Waals surface area (Å²) in [5, 5.41) is 7.00. The molecule has 0 aliphatic carbocycles. The summed E-state index contributed by atoms with van der Waals surface area (Å²) in [5.41, 5.74) is 8.43. The maximum absolute atomic E-state index is 14.2. The van der Waals surface area contributed by atoms with Crippen molar-refractivity contribution >= 4 is 53.2 Å². The third kappa shape index (κ3) is 3.97. The number of fused-ring (bicyclic) bond motifs is 5. The van der Waals surface area contributed by atoms with Gasteiger partial charge in [-0.1, -0.05) is 121 Å². The fourth-order valence-electron chi connectivity index (χ4n) is 7.94. The normalized spacial score (nSPS) is 13.3. The Morgan fingerprint density at radius 2 is 1.16 bits per heavy atom. The molecule has 10 rings (SSSR count). The van der Waals surface area contributed by atoms with Crippen LogP contribution >= 0.6 is 0 Å². The zero-order valence-corrected chi connectivity index (χ0v) is 27.4. The molecule has 8 aromatic carbocycles. The Bertz CT molecular complexity index is 2960. The van der Waals surface area contributed by atoms with Gasteiger partial charge in [-0.2, -0.15) is 0 Å². The second kappa shape index (κ2) is 10.2. The molecule has 4 nitrogen and oxygen atoms in total. The number of nitrogens with zero attached hydrogens (tertiary/aromatic N) is 2. The molecule has 0 unspecified atom stereocenters. The topological polar surface area (TPSA) is 52.0 Å². The van der Waals surface area contributed by atoms with Crippen molar-refractivity contribution in [3.8, 4) is 39.1 Å². The summed E-state index contributed by atoms with van der Waals surface area (Å²) in [6.45, 7) is 1.92. The van der Waals surface area contributed by atoms with Crippen LogP contribution in [0.1, 0.15) is 5.82 Å². The van der Waals surface area contributed by atoms with Gasteiger partial charge in [-0.15, -0.1) is 0 Å². The van der Waals surface area contributed by atoms with Gasteiger partial charge >= 0.3 is 0 Å². The van der Waals surface area contributed by atoms with Gasteiger partial charge in [0.1, 0.15) is 5.82 Å². The van der Waals surface area contributed by atoms with Crippen molar-refractivity contribution in [2.45, 2.75) is 16.7 Å². The highest BCUT2D eigenvalue weighted by Crippen LogP contribution is 2.47. The lowest BCUT2D eigenvalue weighted by molar-refractivity contribution is 0.594. The Hall–Kier alpha value is -6.04. The molecule has 1 aliphatic rings. The van der Waals surface area contributed by atoms with Crippen molar-refractivity contribution in [2.24, 2.45) is 0 Å². The molecule has 1 aliphatic heterocycles. The maximum atomic E-state index is 14.2. The molecule has 0 fully saturated rings. The van der Waals surface area contributed by atoms with E-state index in [-0.39, 0.29) is 0 Å². The first-order valence-corrected chi connectivity index (χ1v) is 17.9.